The molecule has 0 amide bonds. The van der Waals surface area contributed by atoms with Crippen molar-refractivity contribution >= 4 is 5.97 Å². The number of halogens is 1. The summed E-state index contributed by atoms with van der Waals surface area (Å²) in [6.07, 6.45) is 0. The third-order valence-electron chi connectivity index (χ3n) is 0. The monoisotopic (exact) mass is 156 g/mol. The Morgan fingerprint density at radius 3 is 1.67 bits per heavy atom. The highest BCUT2D eigenvalue weighted by molar-refractivity contribution is 5.60. The van der Waals surface area contributed by atoms with Crippen LogP contribution >= 0.6 is 0 Å². The SMILES string of the molecule is CC(=O)[O-].O.[Br-]. The average Bonchev–Trinajstić information content (AvgIpc) is 0.811. The van der Waals surface area contributed by atoms with E-state index in [1.807, 2.05) is 0 Å². The van der Waals surface area contributed by atoms with Crippen molar-refractivity contribution in [3.05, 3.63) is 0 Å². The van der Waals surface area contributed by atoms with Crippen LogP contribution < -0.4 is 22.1 Å². The van der Waals surface area contributed by atoms with Crippen LogP contribution in [-0.2, 0) is 4.79 Å². The zero-order valence-electron chi connectivity index (χ0n) is 3.19. The Bertz CT molecular complexity index is 31.8. The first-order valence-corrected chi connectivity index (χ1v) is 0.908. The lowest BCUT2D eigenvalue weighted by atomic mass is 10.9. The predicted molar refractivity (Wildman–Crippen MR) is 14.3 cm³/mol. The van der Waals surface area contributed by atoms with Gasteiger partial charge in [0.25, 0.3) is 0 Å². The van der Waals surface area contributed by atoms with E-state index in [-0.39, 0.29) is 22.5 Å². The molecule has 0 aromatic carbocycles. The van der Waals surface area contributed by atoms with Crippen molar-refractivity contribution in [1.82, 2.24) is 0 Å². The first-order valence-electron chi connectivity index (χ1n) is 0.908. The molecule has 3 nitrogen and oxygen atoms in total. The average molecular weight is 157 g/mol. The molecule has 0 aliphatic rings. The first-order chi connectivity index (χ1) is 1.73. The lowest BCUT2D eigenvalue weighted by molar-refractivity contribution is -0.302. The van der Waals surface area contributed by atoms with E-state index < -0.39 is 5.97 Å². The molecule has 0 bridgehead atoms. The zero-order valence-corrected chi connectivity index (χ0v) is 4.78. The molecule has 40 valence electrons. The molecule has 0 rings (SSSR count). The fourth-order valence-corrected chi connectivity index (χ4v) is 0. The van der Waals surface area contributed by atoms with E-state index >= 15 is 0 Å². The predicted octanol–water partition coefficient (Wildman–Crippen LogP) is -5.06. The molecule has 0 aliphatic carbocycles. The maximum atomic E-state index is 8.89. The number of carbonyl (C=O) groups excluding carboxylic acids is 1. The Kier molecular flexibility index (Phi) is 24.9. The van der Waals surface area contributed by atoms with E-state index in [0.29, 0.717) is 0 Å². The Labute approximate surface area is 46.1 Å². The molecule has 0 spiro atoms. The number of rotatable bonds is 0. The Hall–Kier alpha value is -0.0900. The van der Waals surface area contributed by atoms with Crippen LogP contribution in [0.2, 0.25) is 0 Å². The second-order valence-corrected chi connectivity index (χ2v) is 0.492. The van der Waals surface area contributed by atoms with Crippen LogP contribution in [-0.4, -0.2) is 11.4 Å². The molecule has 0 radical (unpaired) electrons. The van der Waals surface area contributed by atoms with Crippen molar-refractivity contribution in [1.29, 1.82) is 0 Å². The van der Waals surface area contributed by atoms with Gasteiger partial charge in [0.05, 0.1) is 0 Å². The van der Waals surface area contributed by atoms with Gasteiger partial charge in [0.2, 0.25) is 0 Å². The summed E-state index contributed by atoms with van der Waals surface area (Å²) in [7, 11) is 0. The fourth-order valence-electron chi connectivity index (χ4n) is 0. The van der Waals surface area contributed by atoms with Gasteiger partial charge in [-0.05, 0) is 6.92 Å². The Balaban J connectivity index is -0.0000000450. The summed E-state index contributed by atoms with van der Waals surface area (Å²) in [6, 6.07) is 0. The van der Waals surface area contributed by atoms with Gasteiger partial charge in [-0.25, -0.2) is 0 Å². The van der Waals surface area contributed by atoms with Gasteiger partial charge in [0, 0.05) is 5.97 Å². The molecular formula is C2H5BrO3-2. The number of carbonyl (C=O) groups is 1. The van der Waals surface area contributed by atoms with Crippen molar-refractivity contribution in [2.24, 2.45) is 0 Å². The number of carboxylic acid groups (broad SMARTS) is 1. The van der Waals surface area contributed by atoms with Gasteiger partial charge in [0.1, 0.15) is 0 Å². The Morgan fingerprint density at radius 2 is 1.67 bits per heavy atom. The van der Waals surface area contributed by atoms with Gasteiger partial charge in [0.15, 0.2) is 0 Å². The number of hydrogen-bond donors (Lipinski definition) is 0. The van der Waals surface area contributed by atoms with Gasteiger partial charge >= 0.3 is 0 Å². The third-order valence-corrected chi connectivity index (χ3v) is 0. The van der Waals surface area contributed by atoms with Crippen LogP contribution in [0.1, 0.15) is 6.92 Å². The van der Waals surface area contributed by atoms with Gasteiger partial charge in [-0.15, -0.1) is 0 Å². The van der Waals surface area contributed by atoms with Crippen LogP contribution in [0, 0.1) is 0 Å². The third kappa shape index (κ3) is 4090. The summed E-state index contributed by atoms with van der Waals surface area (Å²) in [4.78, 5) is 8.89. The fraction of sp³-hybridized carbons (Fsp3) is 0.500. The number of hydrogen-bond acceptors (Lipinski definition) is 2. The molecule has 0 aromatic heterocycles. The van der Waals surface area contributed by atoms with Crippen LogP contribution in [0.3, 0.4) is 0 Å². The molecular weight excluding hydrogens is 152 g/mol. The molecule has 0 heterocycles. The highest BCUT2D eigenvalue weighted by Gasteiger charge is 1.46. The normalized spacial score (nSPS) is 4.17. The molecule has 0 unspecified atom stereocenters. The van der Waals surface area contributed by atoms with Crippen molar-refractivity contribution in [2.75, 3.05) is 0 Å². The maximum Gasteiger partial charge on any atom is 0.0383 e. The molecule has 0 aliphatic heterocycles. The molecule has 0 atom stereocenters. The second kappa shape index (κ2) is 8.86. The van der Waals surface area contributed by atoms with E-state index in [4.69, 9.17) is 9.90 Å². The lowest BCUT2D eigenvalue weighted by Gasteiger charge is -1.77. The van der Waals surface area contributed by atoms with Crippen LogP contribution in [0.5, 0.6) is 0 Å². The number of carboxylic acids is 1. The molecule has 6 heavy (non-hydrogen) atoms. The second-order valence-electron chi connectivity index (χ2n) is 0.492. The highest BCUT2D eigenvalue weighted by atomic mass is 79.9. The van der Waals surface area contributed by atoms with Crippen molar-refractivity contribution in [3.8, 4) is 0 Å². The summed E-state index contributed by atoms with van der Waals surface area (Å²) in [6.45, 7) is 0.972. The summed E-state index contributed by atoms with van der Waals surface area (Å²) in [5.41, 5.74) is 0. The van der Waals surface area contributed by atoms with E-state index in [9.17, 15) is 0 Å². The molecule has 0 saturated carbocycles. The van der Waals surface area contributed by atoms with Crippen LogP contribution in [0.15, 0.2) is 0 Å². The molecule has 0 aromatic rings. The smallest absolute Gasteiger partial charge is 0.0383 e. The summed E-state index contributed by atoms with van der Waals surface area (Å²) >= 11 is 0. The minimum Gasteiger partial charge on any atom is -1.00 e. The van der Waals surface area contributed by atoms with Gasteiger partial charge in [-0.2, -0.15) is 0 Å². The van der Waals surface area contributed by atoms with E-state index in [1.54, 1.807) is 0 Å². The highest BCUT2D eigenvalue weighted by Crippen LogP contribution is 1.31. The maximum absolute atomic E-state index is 8.89. The minimum absolute atomic E-state index is 0. The van der Waals surface area contributed by atoms with E-state index in [2.05, 4.69) is 0 Å². The van der Waals surface area contributed by atoms with Gasteiger partial charge in [-0.1, -0.05) is 0 Å². The molecule has 2 N–H and O–H groups in total. The van der Waals surface area contributed by atoms with Crippen molar-refractivity contribution in [3.63, 3.8) is 0 Å². The quantitative estimate of drug-likeness (QED) is 0.353. The summed E-state index contributed by atoms with van der Waals surface area (Å²) < 4.78 is 0. The molecule has 0 saturated heterocycles. The minimum atomic E-state index is -1.08. The van der Waals surface area contributed by atoms with Crippen molar-refractivity contribution < 1.29 is 32.4 Å². The number of aliphatic carboxylic acids is 1. The van der Waals surface area contributed by atoms with Gasteiger partial charge in [-0.3, -0.25) is 0 Å². The largest absolute Gasteiger partial charge is 1.00 e. The van der Waals surface area contributed by atoms with Crippen LogP contribution in [0.25, 0.3) is 0 Å². The van der Waals surface area contributed by atoms with E-state index in [0.717, 1.165) is 6.92 Å². The molecule has 4 heteroatoms. The summed E-state index contributed by atoms with van der Waals surface area (Å²) in [5, 5.41) is 8.89. The van der Waals surface area contributed by atoms with E-state index in [1.165, 1.54) is 0 Å². The summed E-state index contributed by atoms with van der Waals surface area (Å²) in [5.74, 6) is -1.08. The zero-order chi connectivity index (χ0) is 3.58. The van der Waals surface area contributed by atoms with Crippen LogP contribution in [0.4, 0.5) is 0 Å². The lowest BCUT2D eigenvalue weighted by Crippen LogP contribution is -3.00. The standard InChI is InChI=1S/C2H4O2.BrH.H2O/c1-2(3)4;;/h1H3,(H,3,4);1H;1H2/p-2. The van der Waals surface area contributed by atoms with Crippen molar-refractivity contribution in [2.45, 2.75) is 6.92 Å². The first kappa shape index (κ1) is 16.8. The Morgan fingerprint density at radius 1 is 1.67 bits per heavy atom. The topological polar surface area (TPSA) is 71.6 Å². The van der Waals surface area contributed by atoms with Gasteiger partial charge < -0.3 is 32.4 Å². The molecule has 0 fully saturated rings.